The summed E-state index contributed by atoms with van der Waals surface area (Å²) in [6.45, 7) is 2.82. The molecule has 0 heterocycles. The Hall–Kier alpha value is -1.75. The van der Waals surface area contributed by atoms with Crippen LogP contribution in [0.1, 0.15) is 6.92 Å². The fourth-order valence-corrected chi connectivity index (χ4v) is 1.39. The predicted molar refractivity (Wildman–Crippen MR) is 67.7 cm³/mol. The van der Waals surface area contributed by atoms with Crippen molar-refractivity contribution < 1.29 is 14.3 Å². The van der Waals surface area contributed by atoms with E-state index >= 15 is 0 Å². The van der Waals surface area contributed by atoms with Crippen LogP contribution in [-0.4, -0.2) is 33.3 Å². The summed E-state index contributed by atoms with van der Waals surface area (Å²) >= 11 is 0. The van der Waals surface area contributed by atoms with E-state index in [2.05, 4.69) is 10.6 Å². The molecule has 94 valence electrons. The molecule has 17 heavy (non-hydrogen) atoms. The van der Waals surface area contributed by atoms with E-state index in [-0.39, 0.29) is 5.91 Å². The quantitative estimate of drug-likeness (QED) is 0.741. The maximum absolute atomic E-state index is 11.0. The van der Waals surface area contributed by atoms with Gasteiger partial charge in [-0.1, -0.05) is 0 Å². The summed E-state index contributed by atoms with van der Waals surface area (Å²) in [5.74, 6) is 0.506. The molecule has 1 rings (SSSR count). The van der Waals surface area contributed by atoms with Gasteiger partial charge in [0, 0.05) is 32.3 Å². The average Bonchev–Trinajstić information content (AvgIpc) is 2.30. The highest BCUT2D eigenvalue weighted by atomic mass is 16.5. The van der Waals surface area contributed by atoms with Gasteiger partial charge in [0.05, 0.1) is 19.4 Å². The highest BCUT2D eigenvalue weighted by Crippen LogP contribution is 2.27. The summed E-state index contributed by atoms with van der Waals surface area (Å²) in [7, 11) is 3.22. The first kappa shape index (κ1) is 13.3. The number of benzene rings is 1. The normalized spacial score (nSPS) is 9.82. The van der Waals surface area contributed by atoms with Crippen molar-refractivity contribution >= 4 is 17.3 Å². The molecule has 0 saturated heterocycles. The first-order chi connectivity index (χ1) is 8.17. The molecule has 0 atom stereocenters. The number of hydrogen-bond donors (Lipinski definition) is 2. The lowest BCUT2D eigenvalue weighted by molar-refractivity contribution is -0.114. The van der Waals surface area contributed by atoms with Gasteiger partial charge in [0.15, 0.2) is 0 Å². The molecular weight excluding hydrogens is 220 g/mol. The molecule has 5 heteroatoms. The van der Waals surface area contributed by atoms with Crippen molar-refractivity contribution in [2.75, 3.05) is 38.0 Å². The molecule has 0 radical (unpaired) electrons. The molecule has 1 amide bonds. The lowest BCUT2D eigenvalue weighted by Crippen LogP contribution is -2.09. The average molecular weight is 238 g/mol. The van der Waals surface area contributed by atoms with Crippen LogP contribution in [0, 0.1) is 0 Å². The van der Waals surface area contributed by atoms with Crippen LogP contribution in [0.4, 0.5) is 11.4 Å². The monoisotopic (exact) mass is 238 g/mol. The number of ether oxygens (including phenoxy) is 2. The molecule has 1 aromatic carbocycles. The standard InChI is InChI=1S/C12H18N2O3/c1-9(15)14-11-5-4-10(8-12(11)17-3)13-6-7-16-2/h4-5,8,13H,6-7H2,1-3H3,(H,14,15). The SMILES string of the molecule is COCCNc1ccc(NC(C)=O)c(OC)c1. The molecule has 2 N–H and O–H groups in total. The summed E-state index contributed by atoms with van der Waals surface area (Å²) in [6.07, 6.45) is 0. The van der Waals surface area contributed by atoms with Crippen molar-refractivity contribution in [3.8, 4) is 5.75 Å². The highest BCUT2D eigenvalue weighted by Gasteiger charge is 2.05. The summed E-state index contributed by atoms with van der Waals surface area (Å²) in [6, 6.07) is 5.51. The van der Waals surface area contributed by atoms with Crippen molar-refractivity contribution in [3.63, 3.8) is 0 Å². The van der Waals surface area contributed by atoms with E-state index in [1.54, 1.807) is 20.3 Å². The number of carbonyl (C=O) groups is 1. The Morgan fingerprint density at radius 2 is 2.12 bits per heavy atom. The minimum Gasteiger partial charge on any atom is -0.494 e. The lowest BCUT2D eigenvalue weighted by atomic mass is 10.2. The molecule has 0 aliphatic carbocycles. The first-order valence-corrected chi connectivity index (χ1v) is 5.36. The third kappa shape index (κ3) is 4.32. The van der Waals surface area contributed by atoms with Crippen molar-refractivity contribution in [1.29, 1.82) is 0 Å². The van der Waals surface area contributed by atoms with Crippen molar-refractivity contribution in [2.45, 2.75) is 6.92 Å². The molecule has 0 fully saturated rings. The van der Waals surface area contributed by atoms with Crippen LogP contribution in [-0.2, 0) is 9.53 Å². The van der Waals surface area contributed by atoms with Gasteiger partial charge in [0.2, 0.25) is 5.91 Å². The molecule has 0 aliphatic heterocycles. The van der Waals surface area contributed by atoms with E-state index in [0.717, 1.165) is 12.2 Å². The Labute approximate surface area is 101 Å². The van der Waals surface area contributed by atoms with Gasteiger partial charge in [0.1, 0.15) is 5.75 Å². The van der Waals surface area contributed by atoms with Crippen LogP contribution >= 0.6 is 0 Å². The van der Waals surface area contributed by atoms with Crippen LogP contribution in [0.5, 0.6) is 5.75 Å². The Morgan fingerprint density at radius 1 is 1.35 bits per heavy atom. The number of methoxy groups -OCH3 is 2. The Balaban J connectivity index is 2.73. The fourth-order valence-electron chi connectivity index (χ4n) is 1.39. The smallest absolute Gasteiger partial charge is 0.221 e. The van der Waals surface area contributed by atoms with E-state index in [1.165, 1.54) is 6.92 Å². The summed E-state index contributed by atoms with van der Waals surface area (Å²) in [5.41, 5.74) is 1.59. The zero-order valence-electron chi connectivity index (χ0n) is 10.4. The number of amides is 1. The fraction of sp³-hybridized carbons (Fsp3) is 0.417. The van der Waals surface area contributed by atoms with E-state index in [9.17, 15) is 4.79 Å². The van der Waals surface area contributed by atoms with E-state index in [0.29, 0.717) is 18.0 Å². The minimum atomic E-state index is -0.122. The van der Waals surface area contributed by atoms with Crippen molar-refractivity contribution in [3.05, 3.63) is 18.2 Å². The largest absolute Gasteiger partial charge is 0.494 e. The van der Waals surface area contributed by atoms with Crippen LogP contribution in [0.3, 0.4) is 0 Å². The van der Waals surface area contributed by atoms with Gasteiger partial charge in [0.25, 0.3) is 0 Å². The summed E-state index contributed by atoms with van der Waals surface area (Å²) < 4.78 is 10.2. The zero-order chi connectivity index (χ0) is 12.7. The second-order valence-electron chi connectivity index (χ2n) is 3.52. The van der Waals surface area contributed by atoms with E-state index in [1.807, 2.05) is 12.1 Å². The van der Waals surface area contributed by atoms with Crippen molar-refractivity contribution in [1.82, 2.24) is 0 Å². The van der Waals surface area contributed by atoms with Crippen LogP contribution in [0.15, 0.2) is 18.2 Å². The maximum Gasteiger partial charge on any atom is 0.221 e. The molecule has 0 bridgehead atoms. The topological polar surface area (TPSA) is 59.6 Å². The minimum absolute atomic E-state index is 0.122. The van der Waals surface area contributed by atoms with Gasteiger partial charge in [-0.3, -0.25) is 4.79 Å². The van der Waals surface area contributed by atoms with Crippen molar-refractivity contribution in [2.24, 2.45) is 0 Å². The van der Waals surface area contributed by atoms with Crippen LogP contribution in [0.25, 0.3) is 0 Å². The van der Waals surface area contributed by atoms with Gasteiger partial charge >= 0.3 is 0 Å². The zero-order valence-corrected chi connectivity index (χ0v) is 10.4. The predicted octanol–water partition coefficient (Wildman–Crippen LogP) is 1.71. The van der Waals surface area contributed by atoms with Gasteiger partial charge in [-0.15, -0.1) is 0 Å². The third-order valence-corrected chi connectivity index (χ3v) is 2.15. The van der Waals surface area contributed by atoms with Gasteiger partial charge in [-0.25, -0.2) is 0 Å². The number of anilines is 2. The molecule has 0 unspecified atom stereocenters. The molecule has 0 aromatic heterocycles. The maximum atomic E-state index is 11.0. The van der Waals surface area contributed by atoms with Crippen LogP contribution < -0.4 is 15.4 Å². The Morgan fingerprint density at radius 3 is 2.71 bits per heavy atom. The summed E-state index contributed by atoms with van der Waals surface area (Å²) in [5, 5.41) is 5.89. The van der Waals surface area contributed by atoms with Crippen LogP contribution in [0.2, 0.25) is 0 Å². The molecule has 5 nitrogen and oxygen atoms in total. The second kappa shape index (κ2) is 6.75. The number of carbonyl (C=O) groups excluding carboxylic acids is 1. The number of rotatable bonds is 6. The second-order valence-corrected chi connectivity index (χ2v) is 3.52. The molecule has 0 aliphatic rings. The first-order valence-electron chi connectivity index (χ1n) is 5.36. The molecule has 1 aromatic rings. The highest BCUT2D eigenvalue weighted by molar-refractivity contribution is 5.90. The molecular formula is C12H18N2O3. The van der Waals surface area contributed by atoms with Gasteiger partial charge in [-0.2, -0.15) is 0 Å². The third-order valence-electron chi connectivity index (χ3n) is 2.15. The Kier molecular flexibility index (Phi) is 5.29. The van der Waals surface area contributed by atoms with E-state index in [4.69, 9.17) is 9.47 Å². The van der Waals surface area contributed by atoms with E-state index < -0.39 is 0 Å². The number of hydrogen-bond acceptors (Lipinski definition) is 4. The van der Waals surface area contributed by atoms with Gasteiger partial charge in [-0.05, 0) is 12.1 Å². The Bertz CT molecular complexity index is 380. The molecule has 0 spiro atoms. The summed E-state index contributed by atoms with van der Waals surface area (Å²) in [4.78, 5) is 11.0. The molecule has 0 saturated carbocycles. The number of nitrogens with one attached hydrogen (secondary N) is 2. The lowest BCUT2D eigenvalue weighted by Gasteiger charge is -2.12. The van der Waals surface area contributed by atoms with Gasteiger partial charge < -0.3 is 20.1 Å².